The topological polar surface area (TPSA) is 107 Å². The Morgan fingerprint density at radius 3 is 1.82 bits per heavy atom. The predicted molar refractivity (Wildman–Crippen MR) is 62.6 cm³/mol. The van der Waals surface area contributed by atoms with E-state index in [0.29, 0.717) is 32.5 Å². The molecule has 2 radical (unpaired) electrons. The number of hydrogen-bond acceptors (Lipinski definition) is 1. The summed E-state index contributed by atoms with van der Waals surface area (Å²) >= 11 is 0. The molecule has 1 amide bonds. The van der Waals surface area contributed by atoms with Crippen LogP contribution in [0.4, 0.5) is 0 Å². The molecule has 0 aliphatic carbocycles. The maximum absolute atomic E-state index is 11.4. The van der Waals surface area contributed by atoms with Gasteiger partial charge in [-0.1, -0.05) is 18.6 Å². The maximum Gasteiger partial charge on any atom is 0.223 e. The molecule has 0 aliphatic rings. The minimum absolute atomic E-state index is 0. The molecule has 5 N–H and O–H groups in total. The first-order valence-electron chi connectivity index (χ1n) is 4.40. The minimum atomic E-state index is 0. The fourth-order valence-electron chi connectivity index (χ4n) is 0.988. The zero-order valence-electron chi connectivity index (χ0n) is 10.1. The molecular weight excluding hydrogens is 374 g/mol. The normalized spacial score (nSPS) is 7.12. The van der Waals surface area contributed by atoms with Crippen LogP contribution >= 0.6 is 0 Å². The SMILES string of the molecule is C=CCN(CC=C)C(=O)CCC[NH-].O.O.[Y].[Y]. The van der Waals surface area contributed by atoms with Gasteiger partial charge < -0.3 is 21.6 Å². The Balaban J connectivity index is -0.000000120. The van der Waals surface area contributed by atoms with Crippen molar-refractivity contribution in [1.29, 1.82) is 0 Å². The summed E-state index contributed by atoms with van der Waals surface area (Å²) in [5.41, 5.74) is 6.93. The molecule has 5 nitrogen and oxygen atoms in total. The van der Waals surface area contributed by atoms with E-state index < -0.39 is 0 Å². The van der Waals surface area contributed by atoms with E-state index in [9.17, 15) is 4.79 Å². The fourth-order valence-corrected chi connectivity index (χ4v) is 0.988. The molecule has 0 aromatic heterocycles. The summed E-state index contributed by atoms with van der Waals surface area (Å²) in [7, 11) is 0. The van der Waals surface area contributed by atoms with Gasteiger partial charge in [-0.2, -0.15) is 6.54 Å². The van der Waals surface area contributed by atoms with Crippen LogP contribution in [0.3, 0.4) is 0 Å². The van der Waals surface area contributed by atoms with Crippen molar-refractivity contribution < 1.29 is 81.2 Å². The van der Waals surface area contributed by atoms with Crippen LogP contribution in [0.2, 0.25) is 0 Å². The summed E-state index contributed by atoms with van der Waals surface area (Å²) in [4.78, 5) is 13.1. The van der Waals surface area contributed by atoms with E-state index in [1.54, 1.807) is 17.1 Å². The van der Waals surface area contributed by atoms with Crippen LogP contribution < -0.4 is 0 Å². The van der Waals surface area contributed by atoms with Crippen molar-refractivity contribution in [1.82, 2.24) is 4.90 Å². The van der Waals surface area contributed by atoms with Gasteiger partial charge in [0.2, 0.25) is 5.91 Å². The summed E-state index contributed by atoms with van der Waals surface area (Å²) in [6, 6.07) is 0. The van der Waals surface area contributed by atoms with Crippen LogP contribution in [-0.4, -0.2) is 41.4 Å². The molecule has 0 bridgehead atoms. The molecule has 96 valence electrons. The second-order valence-corrected chi connectivity index (χ2v) is 2.73. The minimum Gasteiger partial charge on any atom is -0.677 e. The molecule has 7 heteroatoms. The molecule has 17 heavy (non-hydrogen) atoms. The predicted octanol–water partition coefficient (Wildman–Crippen LogP) is 0.365. The van der Waals surface area contributed by atoms with Crippen molar-refractivity contribution in [3.05, 3.63) is 31.0 Å². The van der Waals surface area contributed by atoms with E-state index in [1.165, 1.54) is 0 Å². The first-order chi connectivity index (χ1) is 6.26. The zero-order valence-corrected chi connectivity index (χ0v) is 15.8. The van der Waals surface area contributed by atoms with Crippen LogP contribution in [-0.2, 0) is 70.2 Å². The number of rotatable bonds is 7. The summed E-state index contributed by atoms with van der Waals surface area (Å²) in [5, 5.41) is 0. The van der Waals surface area contributed by atoms with Crippen LogP contribution in [0.5, 0.6) is 0 Å². The maximum atomic E-state index is 11.4. The third-order valence-electron chi connectivity index (χ3n) is 1.62. The van der Waals surface area contributed by atoms with Crippen molar-refractivity contribution in [3.8, 4) is 0 Å². The molecular formula is C10H21N2O3Y2-. The molecule has 0 atom stereocenters. The molecule has 0 rings (SSSR count). The Kier molecular flexibility index (Phi) is 40.3. The van der Waals surface area contributed by atoms with Gasteiger partial charge in [0.05, 0.1) is 0 Å². The van der Waals surface area contributed by atoms with Gasteiger partial charge in [0.25, 0.3) is 0 Å². The summed E-state index contributed by atoms with van der Waals surface area (Å²) in [6.07, 6.45) is 4.47. The second-order valence-electron chi connectivity index (χ2n) is 2.73. The van der Waals surface area contributed by atoms with Gasteiger partial charge in [-0.05, 0) is 0 Å². The Morgan fingerprint density at radius 1 is 1.12 bits per heavy atom. The number of hydrogen-bond donors (Lipinski definition) is 0. The smallest absolute Gasteiger partial charge is 0.223 e. The summed E-state index contributed by atoms with van der Waals surface area (Å²) in [6.45, 7) is 8.58. The Bertz CT molecular complexity index is 182. The van der Waals surface area contributed by atoms with Gasteiger partial charge >= 0.3 is 0 Å². The van der Waals surface area contributed by atoms with E-state index in [0.717, 1.165) is 0 Å². The molecule has 0 saturated carbocycles. The third-order valence-corrected chi connectivity index (χ3v) is 1.62. The van der Waals surface area contributed by atoms with Crippen LogP contribution in [0, 0.1) is 0 Å². The van der Waals surface area contributed by atoms with Gasteiger partial charge in [0.15, 0.2) is 0 Å². The third kappa shape index (κ3) is 17.0. The van der Waals surface area contributed by atoms with Crippen molar-refractivity contribution in [2.24, 2.45) is 0 Å². The average molecular weight is 395 g/mol. The van der Waals surface area contributed by atoms with Crippen molar-refractivity contribution >= 4 is 5.91 Å². The summed E-state index contributed by atoms with van der Waals surface area (Å²) < 4.78 is 0. The molecule has 0 aromatic carbocycles. The van der Waals surface area contributed by atoms with E-state index in [1.807, 2.05) is 0 Å². The number of nitrogens with zero attached hydrogens (tertiary/aromatic N) is 1. The Morgan fingerprint density at radius 2 is 1.53 bits per heavy atom. The van der Waals surface area contributed by atoms with Crippen LogP contribution in [0.1, 0.15) is 12.8 Å². The first-order valence-corrected chi connectivity index (χ1v) is 4.40. The molecule has 0 aromatic rings. The average Bonchev–Trinajstić information content (AvgIpc) is 2.14. The number of nitrogens with one attached hydrogen (secondary N) is 1. The number of carbonyl (C=O) groups is 1. The van der Waals surface area contributed by atoms with Crippen LogP contribution in [0.25, 0.3) is 5.73 Å². The second kappa shape index (κ2) is 22.2. The Hall–Kier alpha value is 1.04. The quantitative estimate of drug-likeness (QED) is 0.571. The summed E-state index contributed by atoms with van der Waals surface area (Å²) in [5.74, 6) is 0.0760. The fraction of sp³-hybridized carbons (Fsp3) is 0.500. The Labute approximate surface area is 154 Å². The monoisotopic (exact) mass is 395 g/mol. The van der Waals surface area contributed by atoms with Gasteiger partial charge in [-0.25, -0.2) is 0 Å². The molecule has 0 heterocycles. The van der Waals surface area contributed by atoms with E-state index in [2.05, 4.69) is 13.2 Å². The van der Waals surface area contributed by atoms with Crippen molar-refractivity contribution in [2.45, 2.75) is 12.8 Å². The zero-order chi connectivity index (χ0) is 10.1. The van der Waals surface area contributed by atoms with E-state index in [-0.39, 0.29) is 82.3 Å². The van der Waals surface area contributed by atoms with Gasteiger partial charge in [-0.3, -0.25) is 4.79 Å². The van der Waals surface area contributed by atoms with E-state index >= 15 is 0 Å². The van der Waals surface area contributed by atoms with Gasteiger partial charge in [0, 0.05) is 84.9 Å². The molecule has 0 aliphatic heterocycles. The molecule has 0 spiro atoms. The van der Waals surface area contributed by atoms with Crippen molar-refractivity contribution in [3.63, 3.8) is 0 Å². The standard InChI is InChI=1S/C10H17N2O.2H2O.2Y/c1-3-8-12(9-4-2)10(13)6-5-7-11;;;;/h3-4,11H,1-2,5-9H2;2*1H2;;/q-1;;;;. The first kappa shape index (κ1) is 30.8. The molecule has 0 fully saturated rings. The molecule has 0 saturated heterocycles. The van der Waals surface area contributed by atoms with E-state index in [4.69, 9.17) is 5.73 Å². The van der Waals surface area contributed by atoms with Crippen molar-refractivity contribution in [2.75, 3.05) is 19.6 Å². The largest absolute Gasteiger partial charge is 0.677 e. The number of carbonyl (C=O) groups excluding carboxylic acids is 1. The van der Waals surface area contributed by atoms with Crippen LogP contribution in [0.15, 0.2) is 25.3 Å². The number of amides is 1. The molecule has 0 unspecified atom stereocenters. The van der Waals surface area contributed by atoms with Gasteiger partial charge in [0.1, 0.15) is 0 Å². The van der Waals surface area contributed by atoms with Gasteiger partial charge in [-0.15, -0.1) is 13.2 Å².